The van der Waals surface area contributed by atoms with Crippen molar-refractivity contribution in [1.82, 2.24) is 9.29 Å². The second-order valence-electron chi connectivity index (χ2n) is 5.95. The molecule has 0 amide bonds. The van der Waals surface area contributed by atoms with Crippen LogP contribution in [0, 0.1) is 11.6 Å². The number of rotatable bonds is 4. The summed E-state index contributed by atoms with van der Waals surface area (Å²) in [4.78, 5) is 15.8. The zero-order chi connectivity index (χ0) is 19.9. The predicted octanol–water partition coefficient (Wildman–Crippen LogP) is 3.13. The minimum atomic E-state index is -3.77. The molecule has 1 N–H and O–H groups in total. The molecule has 0 unspecified atom stereocenters. The molecule has 0 radical (unpaired) electrons. The number of hydrogen-bond donors (Lipinski definition) is 1. The molecule has 140 valence electrons. The van der Waals surface area contributed by atoms with Gasteiger partial charge in [-0.3, -0.25) is 0 Å². The summed E-state index contributed by atoms with van der Waals surface area (Å²) in [6.45, 7) is 0. The van der Waals surface area contributed by atoms with Gasteiger partial charge in [0.15, 0.2) is 0 Å². The van der Waals surface area contributed by atoms with Crippen LogP contribution >= 0.6 is 0 Å². The van der Waals surface area contributed by atoms with Gasteiger partial charge in [0.1, 0.15) is 11.6 Å². The fourth-order valence-electron chi connectivity index (χ4n) is 2.59. The van der Waals surface area contributed by atoms with Crippen LogP contribution in [0.15, 0.2) is 47.4 Å². The van der Waals surface area contributed by atoms with Gasteiger partial charge in [0, 0.05) is 31.1 Å². The maximum absolute atomic E-state index is 14.1. The van der Waals surface area contributed by atoms with E-state index in [4.69, 9.17) is 0 Å². The third kappa shape index (κ3) is 3.38. The summed E-state index contributed by atoms with van der Waals surface area (Å²) in [6, 6.07) is 7.87. The summed E-state index contributed by atoms with van der Waals surface area (Å²) in [5.74, 6) is -2.98. The van der Waals surface area contributed by atoms with Crippen LogP contribution in [0.4, 0.5) is 8.78 Å². The lowest BCUT2D eigenvalue weighted by molar-refractivity contribution is 0.0699. The van der Waals surface area contributed by atoms with E-state index in [-0.39, 0.29) is 32.6 Å². The smallest absolute Gasteiger partial charge is 0.336 e. The lowest BCUT2D eigenvalue weighted by Crippen LogP contribution is -2.22. The predicted molar refractivity (Wildman–Crippen MR) is 94.9 cm³/mol. The van der Waals surface area contributed by atoms with Crippen molar-refractivity contribution in [1.29, 1.82) is 0 Å². The van der Waals surface area contributed by atoms with Crippen molar-refractivity contribution in [3.63, 3.8) is 0 Å². The summed E-state index contributed by atoms with van der Waals surface area (Å²) >= 11 is 0. The van der Waals surface area contributed by atoms with Gasteiger partial charge in [-0.05, 0) is 36.4 Å². The number of aromatic carboxylic acids is 1. The van der Waals surface area contributed by atoms with Crippen LogP contribution in [-0.2, 0) is 10.0 Å². The highest BCUT2D eigenvalue weighted by Gasteiger charge is 2.21. The molecule has 1 aromatic heterocycles. The van der Waals surface area contributed by atoms with Crippen molar-refractivity contribution in [2.75, 3.05) is 14.1 Å². The SMILES string of the molecule is CN(C)S(=O)(=O)c1ccc2nc(-c3ccc(F)cc3F)cc(C(=O)O)c2c1. The largest absolute Gasteiger partial charge is 0.478 e. The van der Waals surface area contributed by atoms with Gasteiger partial charge in [-0.15, -0.1) is 0 Å². The average molecular weight is 392 g/mol. The number of fused-ring (bicyclic) bond motifs is 1. The lowest BCUT2D eigenvalue weighted by atomic mass is 10.0. The lowest BCUT2D eigenvalue weighted by Gasteiger charge is -2.13. The molecule has 0 aliphatic carbocycles. The Balaban J connectivity index is 2.29. The van der Waals surface area contributed by atoms with E-state index in [1.54, 1.807) is 0 Å². The molecule has 2 aromatic carbocycles. The first kappa shape index (κ1) is 18.9. The van der Waals surface area contributed by atoms with Crippen molar-refractivity contribution >= 4 is 26.9 Å². The number of aromatic nitrogens is 1. The highest BCUT2D eigenvalue weighted by atomic mass is 32.2. The van der Waals surface area contributed by atoms with E-state index < -0.39 is 27.6 Å². The van der Waals surface area contributed by atoms with E-state index in [0.717, 1.165) is 22.5 Å². The molecule has 0 saturated heterocycles. The third-order valence-electron chi connectivity index (χ3n) is 4.00. The molecule has 3 rings (SSSR count). The number of sulfonamides is 1. The molecular weight excluding hydrogens is 378 g/mol. The first-order valence-electron chi connectivity index (χ1n) is 7.67. The second-order valence-corrected chi connectivity index (χ2v) is 8.10. The highest BCUT2D eigenvalue weighted by molar-refractivity contribution is 7.89. The van der Waals surface area contributed by atoms with Gasteiger partial charge >= 0.3 is 5.97 Å². The van der Waals surface area contributed by atoms with Crippen LogP contribution in [0.5, 0.6) is 0 Å². The van der Waals surface area contributed by atoms with Crippen LogP contribution in [-0.4, -0.2) is 42.9 Å². The number of pyridine rings is 1. The fraction of sp³-hybridized carbons (Fsp3) is 0.111. The number of benzene rings is 2. The van der Waals surface area contributed by atoms with Gasteiger partial charge in [-0.25, -0.2) is 31.3 Å². The summed E-state index contributed by atoms with van der Waals surface area (Å²) < 4.78 is 52.8. The minimum absolute atomic E-state index is 0.000571. The summed E-state index contributed by atoms with van der Waals surface area (Å²) in [5.41, 5.74) is -0.132. The molecule has 0 aliphatic rings. The zero-order valence-corrected chi connectivity index (χ0v) is 15.1. The van der Waals surface area contributed by atoms with Gasteiger partial charge in [0.2, 0.25) is 10.0 Å². The van der Waals surface area contributed by atoms with Crippen LogP contribution in [0.2, 0.25) is 0 Å². The molecule has 0 fully saturated rings. The number of carboxylic acid groups (broad SMARTS) is 1. The fourth-order valence-corrected chi connectivity index (χ4v) is 3.52. The van der Waals surface area contributed by atoms with Crippen molar-refractivity contribution in [3.8, 4) is 11.3 Å². The third-order valence-corrected chi connectivity index (χ3v) is 5.81. The quantitative estimate of drug-likeness (QED) is 0.737. The first-order valence-corrected chi connectivity index (χ1v) is 9.11. The van der Waals surface area contributed by atoms with Gasteiger partial charge in [0.05, 0.1) is 21.7 Å². The molecule has 0 aliphatic heterocycles. The Morgan fingerprint density at radius 3 is 2.37 bits per heavy atom. The number of carboxylic acids is 1. The summed E-state index contributed by atoms with van der Waals surface area (Å²) in [7, 11) is -1.06. The molecule has 27 heavy (non-hydrogen) atoms. The van der Waals surface area contributed by atoms with Crippen molar-refractivity contribution in [3.05, 3.63) is 59.7 Å². The van der Waals surface area contributed by atoms with Gasteiger partial charge < -0.3 is 5.11 Å². The monoisotopic (exact) mass is 392 g/mol. The molecule has 3 aromatic rings. The second kappa shape index (κ2) is 6.67. The normalized spacial score (nSPS) is 11.9. The Morgan fingerprint density at radius 2 is 1.78 bits per heavy atom. The maximum atomic E-state index is 14.1. The Kier molecular flexibility index (Phi) is 4.66. The van der Waals surface area contributed by atoms with E-state index in [1.807, 2.05) is 0 Å². The van der Waals surface area contributed by atoms with Crippen LogP contribution in [0.3, 0.4) is 0 Å². The molecule has 1 heterocycles. The first-order chi connectivity index (χ1) is 12.6. The number of hydrogen-bond acceptors (Lipinski definition) is 4. The van der Waals surface area contributed by atoms with Crippen molar-refractivity contribution in [2.24, 2.45) is 0 Å². The number of carbonyl (C=O) groups is 1. The van der Waals surface area contributed by atoms with E-state index in [1.165, 1.54) is 32.3 Å². The zero-order valence-electron chi connectivity index (χ0n) is 14.3. The molecule has 0 atom stereocenters. The van der Waals surface area contributed by atoms with Gasteiger partial charge in [0.25, 0.3) is 0 Å². The van der Waals surface area contributed by atoms with Crippen molar-refractivity contribution in [2.45, 2.75) is 4.90 Å². The topological polar surface area (TPSA) is 87.6 Å². The van der Waals surface area contributed by atoms with Crippen LogP contribution < -0.4 is 0 Å². The number of halogens is 2. The highest BCUT2D eigenvalue weighted by Crippen LogP contribution is 2.29. The Morgan fingerprint density at radius 1 is 1.07 bits per heavy atom. The average Bonchev–Trinajstić information content (AvgIpc) is 2.60. The van der Waals surface area contributed by atoms with E-state index >= 15 is 0 Å². The molecule has 0 spiro atoms. The van der Waals surface area contributed by atoms with E-state index in [0.29, 0.717) is 6.07 Å². The van der Waals surface area contributed by atoms with Gasteiger partial charge in [-0.1, -0.05) is 0 Å². The van der Waals surface area contributed by atoms with Crippen LogP contribution in [0.1, 0.15) is 10.4 Å². The molecule has 0 bridgehead atoms. The maximum Gasteiger partial charge on any atom is 0.336 e. The molecular formula is C18H14F2N2O4S. The van der Waals surface area contributed by atoms with E-state index in [9.17, 15) is 27.1 Å². The minimum Gasteiger partial charge on any atom is -0.478 e. The Hall–Kier alpha value is -2.91. The number of nitrogens with zero attached hydrogens (tertiary/aromatic N) is 2. The summed E-state index contributed by atoms with van der Waals surface area (Å²) in [5, 5.41) is 9.62. The molecule has 6 nitrogen and oxygen atoms in total. The Bertz CT molecular complexity index is 1180. The summed E-state index contributed by atoms with van der Waals surface area (Å²) in [6.07, 6.45) is 0. The molecule has 9 heteroatoms. The van der Waals surface area contributed by atoms with Crippen LogP contribution in [0.25, 0.3) is 22.2 Å². The van der Waals surface area contributed by atoms with E-state index in [2.05, 4.69) is 4.98 Å². The van der Waals surface area contributed by atoms with Gasteiger partial charge in [-0.2, -0.15) is 0 Å². The van der Waals surface area contributed by atoms with Crippen molar-refractivity contribution < 1.29 is 27.1 Å². The standard InChI is InChI=1S/C18H14F2N2O4S/c1-22(2)27(25,26)11-4-6-16-13(8-11)14(18(23)24)9-17(21-16)12-5-3-10(19)7-15(12)20/h3-9H,1-2H3,(H,23,24). The molecule has 0 saturated carbocycles. The Labute approximate surface area is 153 Å².